The van der Waals surface area contributed by atoms with E-state index in [1.807, 2.05) is 0 Å². The van der Waals surface area contributed by atoms with Crippen molar-refractivity contribution >= 4 is 17.9 Å². The highest BCUT2D eigenvalue weighted by molar-refractivity contribution is 5.71. The predicted octanol–water partition coefficient (Wildman–Crippen LogP) is 16.8. The number of hydrogen-bond donors (Lipinski definition) is 0. The number of carbonyl (C=O) groups excluding carboxylic acids is 3. The van der Waals surface area contributed by atoms with Crippen molar-refractivity contribution < 1.29 is 28.6 Å². The lowest BCUT2D eigenvalue weighted by Crippen LogP contribution is -2.30. The quantitative estimate of drug-likeness (QED) is 0.0263. The number of esters is 3. The first-order chi connectivity index (χ1) is 29.0. The summed E-state index contributed by atoms with van der Waals surface area (Å²) in [5, 5.41) is 0. The Balaban J connectivity index is 4.33. The van der Waals surface area contributed by atoms with Crippen molar-refractivity contribution in [3.63, 3.8) is 0 Å². The molecule has 0 spiro atoms. The number of allylic oxidation sites excluding steroid dienone is 4. The van der Waals surface area contributed by atoms with Crippen molar-refractivity contribution in [2.45, 2.75) is 284 Å². The van der Waals surface area contributed by atoms with Crippen LogP contribution in [0.1, 0.15) is 278 Å². The van der Waals surface area contributed by atoms with E-state index < -0.39 is 6.10 Å². The first kappa shape index (κ1) is 56.9. The summed E-state index contributed by atoms with van der Waals surface area (Å²) < 4.78 is 16.8. The molecule has 0 aliphatic carbocycles. The minimum atomic E-state index is -0.769. The van der Waals surface area contributed by atoms with Crippen LogP contribution in [0.25, 0.3) is 0 Å². The molecule has 0 aromatic carbocycles. The Kier molecular flexibility index (Phi) is 46.8. The molecule has 0 aromatic heterocycles. The molecule has 0 radical (unpaired) electrons. The molecule has 6 nitrogen and oxygen atoms in total. The Bertz CT molecular complexity index is 902. The summed E-state index contributed by atoms with van der Waals surface area (Å²) in [7, 11) is 0. The molecule has 0 saturated carbocycles. The normalized spacial score (nSPS) is 12.1. The Morgan fingerprint density at radius 1 is 0.322 bits per heavy atom. The van der Waals surface area contributed by atoms with Crippen LogP contribution >= 0.6 is 0 Å². The number of ether oxygens (including phenoxy) is 3. The molecule has 0 atom stereocenters. The van der Waals surface area contributed by atoms with Crippen LogP contribution in [0.3, 0.4) is 0 Å². The lowest BCUT2D eigenvalue weighted by molar-refractivity contribution is -0.167. The second-order valence-electron chi connectivity index (χ2n) is 17.4. The minimum absolute atomic E-state index is 0.0714. The summed E-state index contributed by atoms with van der Waals surface area (Å²) in [6.07, 6.45) is 54.4. The van der Waals surface area contributed by atoms with Gasteiger partial charge in [0.2, 0.25) is 0 Å². The van der Waals surface area contributed by atoms with Crippen LogP contribution in [0, 0.1) is 0 Å². The van der Waals surface area contributed by atoms with Crippen molar-refractivity contribution in [3.05, 3.63) is 24.3 Å². The van der Waals surface area contributed by atoms with Gasteiger partial charge >= 0.3 is 17.9 Å². The zero-order valence-electron chi connectivity index (χ0n) is 39.5. The molecule has 6 heteroatoms. The summed E-state index contributed by atoms with van der Waals surface area (Å²) in [6.45, 7) is 6.62. The highest BCUT2D eigenvalue weighted by Gasteiger charge is 2.19. The summed E-state index contributed by atoms with van der Waals surface area (Å²) >= 11 is 0. The predicted molar refractivity (Wildman–Crippen MR) is 252 cm³/mol. The van der Waals surface area contributed by atoms with Gasteiger partial charge in [0.15, 0.2) is 6.10 Å². The third kappa shape index (κ3) is 46.8. The topological polar surface area (TPSA) is 78.9 Å². The molecule has 0 bridgehead atoms. The molecular formula is C53H98O6. The first-order valence-corrected chi connectivity index (χ1v) is 25.8. The van der Waals surface area contributed by atoms with E-state index >= 15 is 0 Å². The highest BCUT2D eigenvalue weighted by Crippen LogP contribution is 2.15. The largest absolute Gasteiger partial charge is 0.462 e. The van der Waals surface area contributed by atoms with Gasteiger partial charge in [-0.25, -0.2) is 0 Å². The molecule has 59 heavy (non-hydrogen) atoms. The monoisotopic (exact) mass is 831 g/mol. The van der Waals surface area contributed by atoms with Gasteiger partial charge in [0, 0.05) is 19.3 Å². The van der Waals surface area contributed by atoms with Crippen LogP contribution in [0.5, 0.6) is 0 Å². The first-order valence-electron chi connectivity index (χ1n) is 25.8. The average molecular weight is 831 g/mol. The van der Waals surface area contributed by atoms with Crippen LogP contribution in [-0.4, -0.2) is 37.2 Å². The van der Waals surface area contributed by atoms with Gasteiger partial charge in [0.05, 0.1) is 0 Å². The van der Waals surface area contributed by atoms with Crippen molar-refractivity contribution in [2.24, 2.45) is 0 Å². The van der Waals surface area contributed by atoms with Crippen molar-refractivity contribution in [1.29, 1.82) is 0 Å². The van der Waals surface area contributed by atoms with E-state index in [1.165, 1.54) is 180 Å². The van der Waals surface area contributed by atoms with Crippen molar-refractivity contribution in [3.8, 4) is 0 Å². The molecular weight excluding hydrogens is 733 g/mol. The molecule has 346 valence electrons. The minimum Gasteiger partial charge on any atom is -0.462 e. The lowest BCUT2D eigenvalue weighted by atomic mass is 10.1. The summed E-state index contributed by atoms with van der Waals surface area (Å²) in [4.78, 5) is 37.9. The lowest BCUT2D eigenvalue weighted by Gasteiger charge is -2.18. The maximum Gasteiger partial charge on any atom is 0.306 e. The fourth-order valence-electron chi connectivity index (χ4n) is 7.49. The Labute approximate surface area is 366 Å². The second-order valence-corrected chi connectivity index (χ2v) is 17.4. The smallest absolute Gasteiger partial charge is 0.306 e. The molecule has 0 amide bonds. The standard InChI is InChI=1S/C53H98O6/c1-4-7-10-13-16-19-22-24-26-28-31-33-36-39-42-45-51(54)57-48-50(59-53(56)47-44-41-38-35-30-21-18-15-12-9-6-3)49-58-52(55)46-43-40-37-34-32-29-27-25-23-20-17-14-11-8-5-2/h19-20,22-23,50H,4-18,21,24-49H2,1-3H3. The Morgan fingerprint density at radius 3 is 0.864 bits per heavy atom. The zero-order chi connectivity index (χ0) is 43.0. The average Bonchev–Trinajstić information content (AvgIpc) is 3.23. The van der Waals surface area contributed by atoms with E-state index in [9.17, 15) is 14.4 Å². The van der Waals surface area contributed by atoms with Gasteiger partial charge in [-0.15, -0.1) is 0 Å². The number of unbranched alkanes of at least 4 members (excludes halogenated alkanes) is 32. The van der Waals surface area contributed by atoms with E-state index in [-0.39, 0.29) is 31.1 Å². The molecule has 0 saturated heterocycles. The van der Waals surface area contributed by atoms with Crippen LogP contribution in [0.15, 0.2) is 24.3 Å². The van der Waals surface area contributed by atoms with Gasteiger partial charge < -0.3 is 14.2 Å². The van der Waals surface area contributed by atoms with E-state index in [0.29, 0.717) is 19.3 Å². The van der Waals surface area contributed by atoms with Gasteiger partial charge in [-0.2, -0.15) is 0 Å². The van der Waals surface area contributed by atoms with Crippen molar-refractivity contribution in [2.75, 3.05) is 13.2 Å². The third-order valence-corrected chi connectivity index (χ3v) is 11.4. The molecule has 0 aliphatic heterocycles. The van der Waals surface area contributed by atoms with Gasteiger partial charge in [-0.05, 0) is 70.6 Å². The summed E-state index contributed by atoms with van der Waals surface area (Å²) in [5.74, 6) is -0.869. The maximum atomic E-state index is 12.8. The van der Waals surface area contributed by atoms with Crippen molar-refractivity contribution in [1.82, 2.24) is 0 Å². The molecule has 0 rings (SSSR count). The van der Waals surface area contributed by atoms with E-state index in [1.54, 1.807) is 0 Å². The Morgan fingerprint density at radius 2 is 0.559 bits per heavy atom. The second kappa shape index (κ2) is 48.6. The molecule has 0 heterocycles. The third-order valence-electron chi connectivity index (χ3n) is 11.4. The van der Waals surface area contributed by atoms with Crippen LogP contribution < -0.4 is 0 Å². The maximum absolute atomic E-state index is 12.8. The van der Waals surface area contributed by atoms with Gasteiger partial charge in [0.1, 0.15) is 13.2 Å². The van der Waals surface area contributed by atoms with Gasteiger partial charge in [-0.1, -0.05) is 212 Å². The fourth-order valence-corrected chi connectivity index (χ4v) is 7.49. The molecule has 0 fully saturated rings. The molecule has 0 N–H and O–H groups in total. The molecule has 0 aliphatic rings. The van der Waals surface area contributed by atoms with Crippen LogP contribution in [0.4, 0.5) is 0 Å². The van der Waals surface area contributed by atoms with Gasteiger partial charge in [-0.3, -0.25) is 14.4 Å². The number of rotatable bonds is 47. The van der Waals surface area contributed by atoms with Crippen LogP contribution in [0.2, 0.25) is 0 Å². The summed E-state index contributed by atoms with van der Waals surface area (Å²) in [5.41, 5.74) is 0. The Hall–Kier alpha value is -2.11. The number of carbonyl (C=O) groups is 3. The molecule has 0 unspecified atom stereocenters. The SMILES string of the molecule is CCCCCCC=CCCCCCCCCCC(=O)OCC(COC(=O)CCCCCCCCCC=CCCCCCC)OC(=O)CCCCCCCCCCCCC. The fraction of sp³-hybridized carbons (Fsp3) is 0.868. The van der Waals surface area contributed by atoms with E-state index in [2.05, 4.69) is 45.1 Å². The zero-order valence-corrected chi connectivity index (χ0v) is 39.5. The van der Waals surface area contributed by atoms with Gasteiger partial charge in [0.25, 0.3) is 0 Å². The summed E-state index contributed by atoms with van der Waals surface area (Å²) in [6, 6.07) is 0. The highest BCUT2D eigenvalue weighted by atomic mass is 16.6. The van der Waals surface area contributed by atoms with Crippen LogP contribution in [-0.2, 0) is 28.6 Å². The molecule has 0 aromatic rings. The van der Waals surface area contributed by atoms with E-state index in [0.717, 1.165) is 57.8 Å². The number of hydrogen-bond acceptors (Lipinski definition) is 6. The van der Waals surface area contributed by atoms with E-state index in [4.69, 9.17) is 14.2 Å².